The van der Waals surface area contributed by atoms with Crippen LogP contribution < -0.4 is 16.3 Å². The molecule has 0 spiro atoms. The Bertz CT molecular complexity index is 1140. The maximum Gasteiger partial charge on any atom is 0.411 e. The van der Waals surface area contributed by atoms with E-state index in [-0.39, 0.29) is 18.8 Å². The van der Waals surface area contributed by atoms with Crippen LogP contribution >= 0.6 is 0 Å². The van der Waals surface area contributed by atoms with Crippen molar-refractivity contribution in [3.63, 3.8) is 0 Å². The lowest BCUT2D eigenvalue weighted by atomic mass is 9.99. The summed E-state index contributed by atoms with van der Waals surface area (Å²) in [5.41, 5.74) is -0.842. The minimum absolute atomic E-state index is 0.172. The number of amides is 4. The molecule has 0 aliphatic carbocycles. The van der Waals surface area contributed by atoms with Crippen molar-refractivity contribution in [1.82, 2.24) is 10.2 Å². The maximum atomic E-state index is 12.4. The van der Waals surface area contributed by atoms with Crippen molar-refractivity contribution in [2.75, 3.05) is 18.5 Å². The van der Waals surface area contributed by atoms with Crippen LogP contribution in [-0.4, -0.2) is 47.6 Å². The smallest absolute Gasteiger partial charge is 0.411 e. The number of esters is 1. The van der Waals surface area contributed by atoms with Crippen LogP contribution in [0.4, 0.5) is 15.3 Å². The molecule has 4 amide bonds. The van der Waals surface area contributed by atoms with Gasteiger partial charge in [-0.2, -0.15) is 0 Å². The van der Waals surface area contributed by atoms with Crippen LogP contribution in [0.2, 0.25) is 0 Å². The highest BCUT2D eigenvalue weighted by Crippen LogP contribution is 2.23. The SMILES string of the molecule is CCOC(=O)Nc1ccc2c(COC(=O)CN3C(=O)NC(C)(CC)C3=O)cc(=O)oc2c1. The molecule has 2 aromatic rings. The first kappa shape index (κ1) is 22.8. The molecule has 2 heterocycles. The van der Waals surface area contributed by atoms with E-state index < -0.39 is 41.7 Å². The number of urea groups is 1. The van der Waals surface area contributed by atoms with Gasteiger partial charge in [0, 0.05) is 28.8 Å². The van der Waals surface area contributed by atoms with Crippen molar-refractivity contribution in [3.05, 3.63) is 40.2 Å². The summed E-state index contributed by atoms with van der Waals surface area (Å²) in [6, 6.07) is 5.12. The molecule has 1 aliphatic rings. The van der Waals surface area contributed by atoms with E-state index in [1.165, 1.54) is 12.1 Å². The standard InChI is InChI=1S/C21H23N3O8/c1-4-21(3)18(27)24(19(28)23-21)10-17(26)31-11-12-8-16(25)32-15-9-13(6-7-14(12)15)22-20(29)30-5-2/h6-9H,4-5,10-11H2,1-3H3,(H,22,29)(H,23,28). The first-order valence-electron chi connectivity index (χ1n) is 9.97. The molecule has 1 aliphatic heterocycles. The van der Waals surface area contributed by atoms with Crippen molar-refractivity contribution < 1.29 is 33.1 Å². The third-order valence-corrected chi connectivity index (χ3v) is 5.08. The van der Waals surface area contributed by atoms with E-state index in [1.807, 2.05) is 0 Å². The summed E-state index contributed by atoms with van der Waals surface area (Å²) in [4.78, 5) is 61.0. The highest BCUT2D eigenvalue weighted by atomic mass is 16.5. The van der Waals surface area contributed by atoms with E-state index in [1.54, 1.807) is 32.9 Å². The zero-order valence-corrected chi connectivity index (χ0v) is 17.9. The summed E-state index contributed by atoms with van der Waals surface area (Å²) in [5, 5.41) is 5.54. The van der Waals surface area contributed by atoms with E-state index in [0.29, 0.717) is 23.1 Å². The second kappa shape index (κ2) is 9.08. The zero-order valence-electron chi connectivity index (χ0n) is 17.9. The minimum atomic E-state index is -1.05. The van der Waals surface area contributed by atoms with Crippen molar-refractivity contribution in [2.45, 2.75) is 39.3 Å². The van der Waals surface area contributed by atoms with E-state index in [0.717, 1.165) is 4.90 Å². The topological polar surface area (TPSA) is 144 Å². The zero-order chi connectivity index (χ0) is 23.5. The van der Waals surface area contributed by atoms with Gasteiger partial charge >= 0.3 is 23.7 Å². The number of fused-ring (bicyclic) bond motifs is 1. The number of nitrogens with zero attached hydrogens (tertiary/aromatic N) is 1. The quantitative estimate of drug-likeness (QED) is 0.375. The number of benzene rings is 1. The Kier molecular flexibility index (Phi) is 6.47. The monoisotopic (exact) mass is 445 g/mol. The van der Waals surface area contributed by atoms with Gasteiger partial charge in [-0.15, -0.1) is 0 Å². The second-order valence-electron chi connectivity index (χ2n) is 7.31. The number of rotatable bonds is 7. The van der Waals surface area contributed by atoms with Crippen LogP contribution in [0.25, 0.3) is 11.0 Å². The number of anilines is 1. The van der Waals surface area contributed by atoms with E-state index >= 15 is 0 Å². The van der Waals surface area contributed by atoms with Crippen molar-refractivity contribution >= 4 is 40.7 Å². The summed E-state index contributed by atoms with van der Waals surface area (Å²) in [6.07, 6.45) is -0.277. The van der Waals surface area contributed by atoms with E-state index in [2.05, 4.69) is 10.6 Å². The summed E-state index contributed by atoms with van der Waals surface area (Å²) >= 11 is 0. The van der Waals surface area contributed by atoms with E-state index in [9.17, 15) is 24.0 Å². The molecule has 1 unspecified atom stereocenters. The summed E-state index contributed by atoms with van der Waals surface area (Å²) in [6.45, 7) is 4.37. The fourth-order valence-electron chi connectivity index (χ4n) is 3.18. The average Bonchev–Trinajstić information content (AvgIpc) is 2.95. The van der Waals surface area contributed by atoms with Gasteiger partial charge < -0.3 is 19.2 Å². The Hall–Kier alpha value is -3.89. The molecule has 1 aromatic heterocycles. The Morgan fingerprint density at radius 1 is 1.16 bits per heavy atom. The lowest BCUT2D eigenvalue weighted by molar-refractivity contribution is -0.148. The predicted octanol–water partition coefficient (Wildman–Crippen LogP) is 2.13. The highest BCUT2D eigenvalue weighted by molar-refractivity contribution is 6.08. The van der Waals surface area contributed by atoms with Gasteiger partial charge in [0.15, 0.2) is 0 Å². The molecule has 1 fully saturated rings. The van der Waals surface area contributed by atoms with Crippen LogP contribution in [0.15, 0.2) is 33.5 Å². The predicted molar refractivity (Wildman–Crippen MR) is 112 cm³/mol. The Balaban J connectivity index is 1.71. The molecule has 2 N–H and O–H groups in total. The molecule has 11 nitrogen and oxygen atoms in total. The number of hydrogen-bond donors (Lipinski definition) is 2. The van der Waals surface area contributed by atoms with Crippen LogP contribution in [0.5, 0.6) is 0 Å². The molecular formula is C21H23N3O8. The maximum absolute atomic E-state index is 12.4. The largest absolute Gasteiger partial charge is 0.459 e. The lowest BCUT2D eigenvalue weighted by Crippen LogP contribution is -2.43. The van der Waals surface area contributed by atoms with Gasteiger partial charge in [0.25, 0.3) is 5.91 Å². The molecule has 170 valence electrons. The Labute approximate surface area is 182 Å². The molecule has 0 radical (unpaired) electrons. The lowest BCUT2D eigenvalue weighted by Gasteiger charge is -2.18. The normalized spacial score (nSPS) is 17.9. The van der Waals surface area contributed by atoms with Gasteiger partial charge in [-0.3, -0.25) is 19.8 Å². The van der Waals surface area contributed by atoms with Crippen molar-refractivity contribution in [3.8, 4) is 0 Å². The van der Waals surface area contributed by atoms with Gasteiger partial charge in [0.1, 0.15) is 24.3 Å². The van der Waals surface area contributed by atoms with Crippen LogP contribution in [0.3, 0.4) is 0 Å². The molecular weight excluding hydrogens is 422 g/mol. The molecule has 3 rings (SSSR count). The van der Waals surface area contributed by atoms with Crippen LogP contribution in [-0.2, 0) is 25.7 Å². The van der Waals surface area contributed by atoms with Crippen molar-refractivity contribution in [1.29, 1.82) is 0 Å². The first-order valence-corrected chi connectivity index (χ1v) is 9.97. The first-order chi connectivity index (χ1) is 15.2. The van der Waals surface area contributed by atoms with Gasteiger partial charge in [-0.05, 0) is 32.4 Å². The number of ether oxygens (including phenoxy) is 2. The van der Waals surface area contributed by atoms with Gasteiger partial charge in [-0.25, -0.2) is 14.4 Å². The second-order valence-corrected chi connectivity index (χ2v) is 7.31. The molecule has 11 heteroatoms. The fourth-order valence-corrected chi connectivity index (χ4v) is 3.18. The number of carbonyl (C=O) groups excluding carboxylic acids is 4. The van der Waals surface area contributed by atoms with Gasteiger partial charge in [-0.1, -0.05) is 6.92 Å². The minimum Gasteiger partial charge on any atom is -0.459 e. The number of hydrogen-bond acceptors (Lipinski definition) is 8. The fraction of sp³-hybridized carbons (Fsp3) is 0.381. The number of carbonyl (C=O) groups is 4. The third-order valence-electron chi connectivity index (χ3n) is 5.08. The molecule has 1 atom stereocenters. The number of nitrogens with one attached hydrogen (secondary N) is 2. The van der Waals surface area contributed by atoms with Crippen LogP contribution in [0, 0.1) is 0 Å². The molecule has 0 saturated carbocycles. The molecule has 1 saturated heterocycles. The average molecular weight is 445 g/mol. The third kappa shape index (κ3) is 4.71. The summed E-state index contributed by atoms with van der Waals surface area (Å²) < 4.78 is 15.2. The summed E-state index contributed by atoms with van der Waals surface area (Å²) in [7, 11) is 0. The van der Waals surface area contributed by atoms with Gasteiger partial charge in [0.2, 0.25) is 0 Å². The Morgan fingerprint density at radius 3 is 2.56 bits per heavy atom. The molecule has 0 bridgehead atoms. The highest BCUT2D eigenvalue weighted by Gasteiger charge is 2.47. The Morgan fingerprint density at radius 2 is 1.91 bits per heavy atom. The number of imide groups is 1. The summed E-state index contributed by atoms with van der Waals surface area (Å²) in [5.74, 6) is -1.31. The molecule has 1 aromatic carbocycles. The van der Waals surface area contributed by atoms with E-state index in [4.69, 9.17) is 13.9 Å². The van der Waals surface area contributed by atoms with Crippen molar-refractivity contribution in [2.24, 2.45) is 0 Å². The van der Waals surface area contributed by atoms with Crippen LogP contribution in [0.1, 0.15) is 32.8 Å². The molecule has 32 heavy (non-hydrogen) atoms. The van der Waals surface area contributed by atoms with Gasteiger partial charge in [0.05, 0.1) is 6.61 Å².